The van der Waals surface area contributed by atoms with Crippen molar-refractivity contribution in [3.05, 3.63) is 47.2 Å². The van der Waals surface area contributed by atoms with Crippen molar-refractivity contribution >= 4 is 12.0 Å². The minimum absolute atomic E-state index is 0.0130. The second kappa shape index (κ2) is 8.41. The van der Waals surface area contributed by atoms with E-state index >= 15 is 0 Å². The van der Waals surface area contributed by atoms with Crippen molar-refractivity contribution < 1.29 is 9.90 Å². The van der Waals surface area contributed by atoms with E-state index in [0.717, 1.165) is 38.3 Å². The molecule has 2 aliphatic rings. The summed E-state index contributed by atoms with van der Waals surface area (Å²) in [4.78, 5) is 21.5. The number of aliphatic hydroxyl groups excluding tert-OH is 1. The SMILES string of the molecule is CN1CCN(CCN=CC2=C(O)CC(c3ccccc3)CC2=O)CC1. The van der Waals surface area contributed by atoms with Crippen molar-refractivity contribution in [1.82, 2.24) is 9.80 Å². The number of nitrogens with zero attached hydrogens (tertiary/aromatic N) is 3. The highest BCUT2D eigenvalue weighted by Gasteiger charge is 2.27. The Morgan fingerprint density at radius 1 is 1.16 bits per heavy atom. The molecule has 1 heterocycles. The van der Waals surface area contributed by atoms with Gasteiger partial charge in [0.15, 0.2) is 5.78 Å². The lowest BCUT2D eigenvalue weighted by Gasteiger charge is -2.31. The number of Topliss-reactive ketones (excluding diaryl/α,β-unsaturated/α-hetero) is 1. The Balaban J connectivity index is 1.54. The first-order chi connectivity index (χ1) is 12.1. The average molecular weight is 341 g/mol. The maximum Gasteiger partial charge on any atom is 0.168 e. The Morgan fingerprint density at radius 2 is 1.88 bits per heavy atom. The van der Waals surface area contributed by atoms with Crippen LogP contribution in [0.5, 0.6) is 0 Å². The van der Waals surface area contributed by atoms with Gasteiger partial charge in [-0.05, 0) is 18.5 Å². The number of rotatable bonds is 5. The van der Waals surface area contributed by atoms with Crippen molar-refractivity contribution in [3.8, 4) is 0 Å². The highest BCUT2D eigenvalue weighted by molar-refractivity contribution is 6.14. The van der Waals surface area contributed by atoms with E-state index in [9.17, 15) is 9.90 Å². The van der Waals surface area contributed by atoms with Gasteiger partial charge in [-0.2, -0.15) is 0 Å². The van der Waals surface area contributed by atoms with Crippen molar-refractivity contribution in [2.45, 2.75) is 18.8 Å². The molecule has 0 aromatic heterocycles. The molecule has 3 rings (SSSR count). The molecule has 0 saturated carbocycles. The van der Waals surface area contributed by atoms with Crippen LogP contribution in [0.25, 0.3) is 0 Å². The number of ketones is 1. The van der Waals surface area contributed by atoms with Crippen LogP contribution in [-0.2, 0) is 4.79 Å². The summed E-state index contributed by atoms with van der Waals surface area (Å²) in [5.41, 5.74) is 1.50. The third-order valence-electron chi connectivity index (χ3n) is 5.12. The Bertz CT molecular complexity index is 646. The molecule has 1 N–H and O–H groups in total. The smallest absolute Gasteiger partial charge is 0.168 e. The molecule has 25 heavy (non-hydrogen) atoms. The van der Waals surface area contributed by atoms with Gasteiger partial charge < -0.3 is 10.0 Å². The van der Waals surface area contributed by atoms with Crippen LogP contribution in [0.4, 0.5) is 0 Å². The number of allylic oxidation sites excluding steroid dienone is 2. The first-order valence-electron chi connectivity index (χ1n) is 9.04. The summed E-state index contributed by atoms with van der Waals surface area (Å²) in [5, 5.41) is 10.3. The summed E-state index contributed by atoms with van der Waals surface area (Å²) < 4.78 is 0. The van der Waals surface area contributed by atoms with Gasteiger partial charge in [-0.3, -0.25) is 14.7 Å². The van der Waals surface area contributed by atoms with Crippen LogP contribution < -0.4 is 0 Å². The molecule has 1 aliphatic carbocycles. The first kappa shape index (κ1) is 17.8. The van der Waals surface area contributed by atoms with Gasteiger partial charge >= 0.3 is 0 Å². The second-order valence-corrected chi connectivity index (χ2v) is 6.98. The van der Waals surface area contributed by atoms with Gasteiger partial charge in [0.2, 0.25) is 0 Å². The maximum absolute atomic E-state index is 12.4. The fraction of sp³-hybridized carbons (Fsp3) is 0.500. The molecule has 1 aromatic carbocycles. The van der Waals surface area contributed by atoms with Crippen molar-refractivity contribution in [3.63, 3.8) is 0 Å². The number of piperazine rings is 1. The lowest BCUT2D eigenvalue weighted by molar-refractivity contribution is -0.116. The molecule has 1 unspecified atom stereocenters. The summed E-state index contributed by atoms with van der Waals surface area (Å²) in [6, 6.07) is 9.93. The van der Waals surface area contributed by atoms with E-state index in [4.69, 9.17) is 0 Å². The van der Waals surface area contributed by atoms with Crippen LogP contribution in [0.15, 0.2) is 46.7 Å². The summed E-state index contributed by atoms with van der Waals surface area (Å²) in [6.07, 6.45) is 2.53. The first-order valence-corrected chi connectivity index (χ1v) is 9.04. The van der Waals surface area contributed by atoms with Gasteiger partial charge in [-0.1, -0.05) is 30.3 Å². The number of aliphatic imine (C=N–C) groups is 1. The molecule has 0 radical (unpaired) electrons. The average Bonchev–Trinajstić information content (AvgIpc) is 2.62. The predicted octanol–water partition coefficient (Wildman–Crippen LogP) is 2.26. The van der Waals surface area contributed by atoms with Crippen LogP contribution in [0, 0.1) is 0 Å². The summed E-state index contributed by atoms with van der Waals surface area (Å²) >= 11 is 0. The van der Waals surface area contributed by atoms with E-state index < -0.39 is 0 Å². The molecule has 0 spiro atoms. The number of aliphatic hydroxyl groups is 1. The number of hydrogen-bond donors (Lipinski definition) is 1. The molecule has 134 valence electrons. The molecule has 1 aromatic rings. The van der Waals surface area contributed by atoms with Crippen LogP contribution in [0.3, 0.4) is 0 Å². The molecule has 1 saturated heterocycles. The van der Waals surface area contributed by atoms with E-state index in [1.54, 1.807) is 6.21 Å². The molecule has 5 nitrogen and oxygen atoms in total. The second-order valence-electron chi connectivity index (χ2n) is 6.98. The van der Waals surface area contributed by atoms with E-state index in [1.807, 2.05) is 30.3 Å². The molecule has 1 atom stereocenters. The van der Waals surface area contributed by atoms with E-state index in [0.29, 0.717) is 25.0 Å². The molecule has 1 aliphatic heterocycles. The molecular weight excluding hydrogens is 314 g/mol. The highest BCUT2D eigenvalue weighted by Crippen LogP contribution is 2.32. The van der Waals surface area contributed by atoms with Crippen LogP contribution in [0.1, 0.15) is 24.3 Å². The largest absolute Gasteiger partial charge is 0.511 e. The summed E-state index contributed by atoms with van der Waals surface area (Å²) in [5.74, 6) is 0.227. The molecule has 1 fully saturated rings. The van der Waals surface area contributed by atoms with Gasteiger partial charge in [0.05, 0.1) is 12.1 Å². The van der Waals surface area contributed by atoms with Gasteiger partial charge in [0.25, 0.3) is 0 Å². The molecule has 0 bridgehead atoms. The summed E-state index contributed by atoms with van der Waals surface area (Å²) in [7, 11) is 2.14. The monoisotopic (exact) mass is 341 g/mol. The third-order valence-corrected chi connectivity index (χ3v) is 5.12. The van der Waals surface area contributed by atoms with Crippen molar-refractivity contribution in [2.75, 3.05) is 46.3 Å². The van der Waals surface area contributed by atoms with Crippen molar-refractivity contribution in [2.24, 2.45) is 4.99 Å². The van der Waals surface area contributed by atoms with E-state index in [-0.39, 0.29) is 17.5 Å². The predicted molar refractivity (Wildman–Crippen MR) is 100 cm³/mol. The van der Waals surface area contributed by atoms with Crippen LogP contribution >= 0.6 is 0 Å². The Labute approximate surface area is 149 Å². The number of carbonyl (C=O) groups is 1. The number of hydrogen-bond acceptors (Lipinski definition) is 5. The lowest BCUT2D eigenvalue weighted by atomic mass is 9.83. The normalized spacial score (nSPS) is 23.6. The van der Waals surface area contributed by atoms with Gasteiger partial charge in [0.1, 0.15) is 5.76 Å². The molecular formula is C20H27N3O2. The topological polar surface area (TPSA) is 56.1 Å². The van der Waals surface area contributed by atoms with Crippen molar-refractivity contribution in [1.29, 1.82) is 0 Å². The lowest BCUT2D eigenvalue weighted by Crippen LogP contribution is -2.45. The zero-order valence-electron chi connectivity index (χ0n) is 14.9. The minimum Gasteiger partial charge on any atom is -0.511 e. The third kappa shape index (κ3) is 4.77. The summed E-state index contributed by atoms with van der Waals surface area (Å²) in [6.45, 7) is 5.88. The fourth-order valence-electron chi connectivity index (χ4n) is 3.44. The van der Waals surface area contributed by atoms with E-state index in [2.05, 4.69) is 21.8 Å². The van der Waals surface area contributed by atoms with Gasteiger partial charge in [-0.15, -0.1) is 0 Å². The highest BCUT2D eigenvalue weighted by atomic mass is 16.3. The Morgan fingerprint density at radius 3 is 2.56 bits per heavy atom. The Kier molecular flexibility index (Phi) is 6.00. The zero-order valence-corrected chi connectivity index (χ0v) is 14.9. The minimum atomic E-state index is -0.0130. The van der Waals surface area contributed by atoms with Gasteiger partial charge in [0, 0.05) is 51.8 Å². The number of likely N-dealkylation sites (N-methyl/N-ethyl adjacent to an activating group) is 1. The molecule has 5 heteroatoms. The number of benzene rings is 1. The van der Waals surface area contributed by atoms with Gasteiger partial charge in [-0.25, -0.2) is 0 Å². The van der Waals surface area contributed by atoms with Crippen LogP contribution in [-0.4, -0.2) is 73.2 Å². The van der Waals surface area contributed by atoms with Crippen LogP contribution in [0.2, 0.25) is 0 Å². The van der Waals surface area contributed by atoms with E-state index in [1.165, 1.54) is 0 Å². The maximum atomic E-state index is 12.4. The standard InChI is InChI=1S/C20H27N3O2/c1-22-9-11-23(12-10-22)8-7-21-15-18-19(24)13-17(14-20(18)25)16-5-3-2-4-6-16/h2-6,15,17,24H,7-14H2,1H3. The quantitative estimate of drug-likeness (QED) is 0.835. The zero-order chi connectivity index (χ0) is 17.6. The number of carbonyl (C=O) groups excluding carboxylic acids is 1. The Hall–Kier alpha value is -1.98. The fourth-order valence-corrected chi connectivity index (χ4v) is 3.44. The molecule has 0 amide bonds.